The van der Waals surface area contributed by atoms with E-state index in [1.807, 2.05) is 6.92 Å². The second-order valence-electron chi connectivity index (χ2n) is 3.81. The smallest absolute Gasteiger partial charge is 0.339 e. The summed E-state index contributed by atoms with van der Waals surface area (Å²) in [5.74, 6) is 3.88. The van der Waals surface area contributed by atoms with Gasteiger partial charge < -0.3 is 9.47 Å². The van der Waals surface area contributed by atoms with Crippen molar-refractivity contribution in [3.63, 3.8) is 0 Å². The summed E-state index contributed by atoms with van der Waals surface area (Å²) in [7, 11) is 0. The molecule has 0 heterocycles. The van der Waals surface area contributed by atoms with E-state index < -0.39 is 17.4 Å². The van der Waals surface area contributed by atoms with Crippen LogP contribution < -0.4 is 0 Å². The lowest BCUT2D eigenvalue weighted by molar-refractivity contribution is -0.163. The molecule has 0 spiro atoms. The normalized spacial score (nSPS) is 10.7. The van der Waals surface area contributed by atoms with Crippen LogP contribution in [0.3, 0.4) is 0 Å². The first kappa shape index (κ1) is 17.2. The van der Waals surface area contributed by atoms with Gasteiger partial charge in [0.15, 0.2) is 0 Å². The molecule has 4 nitrogen and oxygen atoms in total. The zero-order valence-electron chi connectivity index (χ0n) is 12.1. The van der Waals surface area contributed by atoms with Gasteiger partial charge in [0.25, 0.3) is 0 Å². The number of ether oxygens (including phenoxy) is 2. The van der Waals surface area contributed by atoms with Crippen molar-refractivity contribution in [2.75, 3.05) is 13.2 Å². The maximum absolute atomic E-state index is 12.1. The number of rotatable bonds is 7. The fourth-order valence-electron chi connectivity index (χ4n) is 1.48. The third-order valence-electron chi connectivity index (χ3n) is 2.34. The van der Waals surface area contributed by atoms with Crippen molar-refractivity contribution in [1.29, 1.82) is 0 Å². The van der Waals surface area contributed by atoms with Crippen molar-refractivity contribution in [3.05, 3.63) is 12.2 Å². The van der Waals surface area contributed by atoms with Crippen molar-refractivity contribution in [2.45, 2.75) is 40.5 Å². The van der Waals surface area contributed by atoms with Gasteiger partial charge in [-0.15, -0.1) is 5.92 Å². The van der Waals surface area contributed by atoms with E-state index in [1.165, 1.54) is 6.08 Å². The maximum Gasteiger partial charge on any atom is 0.339 e. The zero-order valence-corrected chi connectivity index (χ0v) is 12.1. The summed E-state index contributed by atoms with van der Waals surface area (Å²) < 4.78 is 9.93. The molecule has 0 radical (unpaired) electrons. The summed E-state index contributed by atoms with van der Waals surface area (Å²) >= 11 is 0. The van der Waals surface area contributed by atoms with E-state index in [0.29, 0.717) is 0 Å². The zero-order chi connectivity index (χ0) is 14.7. The second kappa shape index (κ2) is 9.21. The van der Waals surface area contributed by atoms with Gasteiger partial charge in [0.05, 0.1) is 13.2 Å². The minimum absolute atomic E-state index is 0.188. The van der Waals surface area contributed by atoms with Crippen LogP contribution in [0, 0.1) is 17.3 Å². The molecule has 4 heteroatoms. The highest BCUT2D eigenvalue weighted by molar-refractivity contribution is 6.06. The molecule has 0 aromatic rings. The SMILES string of the molecule is CC#CC(C=CCCC)(C(=O)OCC)C(=O)OCC. The van der Waals surface area contributed by atoms with E-state index in [-0.39, 0.29) is 13.2 Å². The Kier molecular flexibility index (Phi) is 8.35. The minimum atomic E-state index is -1.64. The van der Waals surface area contributed by atoms with Gasteiger partial charge in [-0.2, -0.15) is 0 Å². The molecule has 0 fully saturated rings. The molecular weight excluding hydrogens is 244 g/mol. The molecule has 0 aromatic heterocycles. The Labute approximate surface area is 115 Å². The van der Waals surface area contributed by atoms with E-state index in [1.54, 1.807) is 26.8 Å². The first-order valence-corrected chi connectivity index (χ1v) is 6.55. The van der Waals surface area contributed by atoms with Crippen molar-refractivity contribution < 1.29 is 19.1 Å². The molecule has 0 saturated carbocycles. The quantitative estimate of drug-likeness (QED) is 0.307. The van der Waals surface area contributed by atoms with Gasteiger partial charge in [-0.05, 0) is 33.3 Å². The molecule has 19 heavy (non-hydrogen) atoms. The van der Waals surface area contributed by atoms with Crippen molar-refractivity contribution in [3.8, 4) is 11.8 Å². The fourth-order valence-corrected chi connectivity index (χ4v) is 1.48. The van der Waals surface area contributed by atoms with E-state index in [4.69, 9.17) is 9.47 Å². The molecule has 0 atom stereocenters. The molecule has 0 rings (SSSR count). The maximum atomic E-state index is 12.1. The summed E-state index contributed by atoms with van der Waals surface area (Å²) in [5.41, 5.74) is -1.64. The summed E-state index contributed by atoms with van der Waals surface area (Å²) in [6, 6.07) is 0. The van der Waals surface area contributed by atoms with Gasteiger partial charge in [-0.1, -0.05) is 25.3 Å². The molecule has 0 aliphatic heterocycles. The minimum Gasteiger partial charge on any atom is -0.464 e. The summed E-state index contributed by atoms with van der Waals surface area (Å²) in [5, 5.41) is 0. The van der Waals surface area contributed by atoms with Gasteiger partial charge in [0.1, 0.15) is 0 Å². The van der Waals surface area contributed by atoms with Gasteiger partial charge in [0, 0.05) is 0 Å². The number of hydrogen-bond donors (Lipinski definition) is 0. The van der Waals surface area contributed by atoms with Gasteiger partial charge in [-0.25, -0.2) is 9.59 Å². The molecule has 0 aromatic carbocycles. The van der Waals surface area contributed by atoms with Crippen LogP contribution in [0.2, 0.25) is 0 Å². The van der Waals surface area contributed by atoms with Gasteiger partial charge in [-0.3, -0.25) is 0 Å². The van der Waals surface area contributed by atoms with Crippen LogP contribution in [-0.2, 0) is 19.1 Å². The molecule has 0 amide bonds. The van der Waals surface area contributed by atoms with Crippen LogP contribution in [0.5, 0.6) is 0 Å². The number of allylic oxidation sites excluding steroid dienone is 1. The van der Waals surface area contributed by atoms with Gasteiger partial charge >= 0.3 is 11.9 Å². The average molecular weight is 266 g/mol. The molecule has 0 saturated heterocycles. The van der Waals surface area contributed by atoms with Gasteiger partial charge in [0.2, 0.25) is 5.41 Å². The first-order chi connectivity index (χ1) is 9.08. The summed E-state index contributed by atoms with van der Waals surface area (Å²) in [6.07, 6.45) is 4.92. The topological polar surface area (TPSA) is 52.6 Å². The Bertz CT molecular complexity index is 367. The monoisotopic (exact) mass is 266 g/mol. The lowest BCUT2D eigenvalue weighted by Crippen LogP contribution is -2.39. The Hall–Kier alpha value is -1.76. The largest absolute Gasteiger partial charge is 0.464 e. The predicted octanol–water partition coefficient (Wildman–Crippen LogP) is 2.48. The van der Waals surface area contributed by atoms with Crippen LogP contribution in [0.25, 0.3) is 0 Å². The molecule has 0 unspecified atom stereocenters. The highest BCUT2D eigenvalue weighted by atomic mass is 16.6. The van der Waals surface area contributed by atoms with E-state index in [2.05, 4.69) is 11.8 Å². The van der Waals surface area contributed by atoms with Crippen LogP contribution in [0.4, 0.5) is 0 Å². The number of esters is 2. The highest BCUT2D eigenvalue weighted by Gasteiger charge is 2.45. The Morgan fingerprint density at radius 1 is 1.11 bits per heavy atom. The van der Waals surface area contributed by atoms with Crippen LogP contribution in [-0.4, -0.2) is 25.2 Å². The molecular formula is C15H22O4. The molecule has 106 valence electrons. The van der Waals surface area contributed by atoms with Crippen LogP contribution >= 0.6 is 0 Å². The van der Waals surface area contributed by atoms with E-state index >= 15 is 0 Å². The Morgan fingerprint density at radius 3 is 2.00 bits per heavy atom. The average Bonchev–Trinajstić information content (AvgIpc) is 2.38. The molecule has 0 N–H and O–H groups in total. The van der Waals surface area contributed by atoms with Crippen molar-refractivity contribution >= 4 is 11.9 Å². The van der Waals surface area contributed by atoms with E-state index in [0.717, 1.165) is 12.8 Å². The third kappa shape index (κ3) is 4.78. The van der Waals surface area contributed by atoms with Crippen molar-refractivity contribution in [1.82, 2.24) is 0 Å². The molecule has 0 aliphatic rings. The fraction of sp³-hybridized carbons (Fsp3) is 0.600. The molecule has 0 aliphatic carbocycles. The number of carbonyl (C=O) groups excluding carboxylic acids is 2. The Morgan fingerprint density at radius 2 is 1.63 bits per heavy atom. The number of carbonyl (C=O) groups is 2. The Balaban J connectivity index is 5.50. The lowest BCUT2D eigenvalue weighted by atomic mass is 9.87. The van der Waals surface area contributed by atoms with Crippen LogP contribution in [0.1, 0.15) is 40.5 Å². The highest BCUT2D eigenvalue weighted by Crippen LogP contribution is 2.24. The van der Waals surface area contributed by atoms with Crippen molar-refractivity contribution in [2.24, 2.45) is 5.41 Å². The standard InChI is InChI=1S/C15H22O4/c1-5-9-10-12-15(11-6-2,13(16)18-7-3)14(17)19-8-4/h10,12H,5,7-9H2,1-4H3. The number of hydrogen-bond acceptors (Lipinski definition) is 4. The predicted molar refractivity (Wildman–Crippen MR) is 73.2 cm³/mol. The lowest BCUT2D eigenvalue weighted by Gasteiger charge is -2.20. The van der Waals surface area contributed by atoms with E-state index in [9.17, 15) is 9.59 Å². The molecule has 0 bridgehead atoms. The first-order valence-electron chi connectivity index (χ1n) is 6.55. The summed E-state index contributed by atoms with van der Waals surface area (Å²) in [6.45, 7) is 7.32. The second-order valence-corrected chi connectivity index (χ2v) is 3.81. The number of unbranched alkanes of at least 4 members (excludes halogenated alkanes) is 1. The van der Waals surface area contributed by atoms with Crippen LogP contribution in [0.15, 0.2) is 12.2 Å². The summed E-state index contributed by atoms with van der Waals surface area (Å²) in [4.78, 5) is 24.2. The third-order valence-corrected chi connectivity index (χ3v) is 2.34.